The van der Waals surface area contributed by atoms with Gasteiger partial charge in [-0.15, -0.1) is 4.68 Å². The Labute approximate surface area is 93.8 Å². The number of nitrogens with zero attached hydrogens (tertiary/aromatic N) is 2. The van der Waals surface area contributed by atoms with Gasteiger partial charge in [0.05, 0.1) is 7.05 Å². The molecule has 1 unspecified atom stereocenters. The number of hydrazine groups is 1. The lowest BCUT2D eigenvalue weighted by molar-refractivity contribution is -0.659. The Balaban J connectivity index is 2.42. The lowest BCUT2D eigenvalue weighted by atomic mass is 10.0. The lowest BCUT2D eigenvalue weighted by Gasteiger charge is -2.15. The third-order valence-electron chi connectivity index (χ3n) is 2.92. The van der Waals surface area contributed by atoms with E-state index in [9.17, 15) is 9.59 Å². The van der Waals surface area contributed by atoms with Gasteiger partial charge in [-0.25, -0.2) is 0 Å². The predicted molar refractivity (Wildman–Crippen MR) is 59.2 cm³/mol. The highest BCUT2D eigenvalue weighted by Gasteiger charge is 2.44. The molecule has 0 N–H and O–H groups in total. The summed E-state index contributed by atoms with van der Waals surface area (Å²) in [5.74, 6) is -0.147. The van der Waals surface area contributed by atoms with Crippen LogP contribution in [0.3, 0.4) is 0 Å². The molecule has 0 spiro atoms. The Morgan fingerprint density at radius 2 is 1.94 bits per heavy atom. The second-order valence-electron chi connectivity index (χ2n) is 3.78. The highest BCUT2D eigenvalue weighted by atomic mass is 16.2. The molecule has 82 valence electrons. The van der Waals surface area contributed by atoms with Crippen LogP contribution in [0.15, 0.2) is 30.3 Å². The van der Waals surface area contributed by atoms with Crippen LogP contribution < -0.4 is 0 Å². The van der Waals surface area contributed by atoms with E-state index in [1.54, 1.807) is 23.8 Å². The smallest absolute Gasteiger partial charge is 0.291 e. The van der Waals surface area contributed by atoms with Gasteiger partial charge in [0.25, 0.3) is 5.78 Å². The van der Waals surface area contributed by atoms with Crippen LogP contribution in [-0.2, 0) is 9.59 Å². The number of hydrogen-bond donors (Lipinski definition) is 0. The average Bonchev–Trinajstić information content (AvgIpc) is 2.51. The Bertz CT molecular complexity index is 465. The molecule has 0 saturated heterocycles. The Morgan fingerprint density at radius 1 is 1.31 bits per heavy atom. The number of likely N-dealkylation sites (N-methyl/N-ethyl adjacent to an activating group) is 1. The molecule has 0 radical (unpaired) electrons. The molecule has 1 aromatic rings. The highest BCUT2D eigenvalue weighted by Crippen LogP contribution is 2.24. The van der Waals surface area contributed by atoms with Gasteiger partial charge in [0.15, 0.2) is 13.1 Å². The zero-order valence-electron chi connectivity index (χ0n) is 9.25. The van der Waals surface area contributed by atoms with Gasteiger partial charge in [-0.05, 0) is 5.56 Å². The predicted octanol–water partition coefficient (Wildman–Crippen LogP) is 0.439. The molecule has 0 fully saturated rings. The van der Waals surface area contributed by atoms with E-state index in [1.165, 1.54) is 0 Å². The summed E-state index contributed by atoms with van der Waals surface area (Å²) in [4.78, 5) is 22.8. The first-order valence-corrected chi connectivity index (χ1v) is 5.04. The molecule has 1 atom stereocenters. The largest absolute Gasteiger partial charge is 0.314 e. The molecule has 0 aromatic heterocycles. The molecule has 2 rings (SSSR count). The molecule has 1 aromatic carbocycles. The van der Waals surface area contributed by atoms with Crippen molar-refractivity contribution in [3.63, 3.8) is 0 Å². The van der Waals surface area contributed by atoms with Crippen molar-refractivity contribution in [1.29, 1.82) is 0 Å². The minimum absolute atomic E-state index is 0.147. The molecule has 0 amide bonds. The second-order valence-corrected chi connectivity index (χ2v) is 3.78. The van der Waals surface area contributed by atoms with Crippen LogP contribution in [-0.4, -0.2) is 41.6 Å². The first kappa shape index (κ1) is 10.5. The fraction of sp³-hybridized carbons (Fsp3) is 0.250. The summed E-state index contributed by atoms with van der Waals surface area (Å²) in [5, 5.41) is 1.77. The third-order valence-corrected chi connectivity index (χ3v) is 2.92. The number of ketones is 1. The number of aldehydes is 1. The van der Waals surface area contributed by atoms with Crippen molar-refractivity contribution in [1.82, 2.24) is 5.01 Å². The van der Waals surface area contributed by atoms with E-state index in [2.05, 4.69) is 0 Å². The maximum Gasteiger partial charge on any atom is 0.314 e. The van der Waals surface area contributed by atoms with E-state index in [-0.39, 0.29) is 17.5 Å². The molecule has 0 saturated carbocycles. The van der Waals surface area contributed by atoms with Crippen LogP contribution >= 0.6 is 0 Å². The van der Waals surface area contributed by atoms with Crippen LogP contribution in [0, 0.1) is 0 Å². The molecule has 1 aliphatic heterocycles. The Kier molecular flexibility index (Phi) is 2.56. The molecule has 0 bridgehead atoms. The van der Waals surface area contributed by atoms with Crippen LogP contribution in [0.2, 0.25) is 0 Å². The molecular weight excluding hydrogens is 204 g/mol. The van der Waals surface area contributed by atoms with Crippen molar-refractivity contribution >= 4 is 17.8 Å². The molecule has 1 heterocycles. The lowest BCUT2D eigenvalue weighted by Crippen LogP contribution is -2.28. The van der Waals surface area contributed by atoms with Gasteiger partial charge in [-0.3, -0.25) is 9.59 Å². The van der Waals surface area contributed by atoms with Crippen molar-refractivity contribution in [2.24, 2.45) is 0 Å². The van der Waals surface area contributed by atoms with Crippen molar-refractivity contribution in [3.8, 4) is 0 Å². The fourth-order valence-corrected chi connectivity index (χ4v) is 1.95. The van der Waals surface area contributed by atoms with E-state index >= 15 is 0 Å². The molecule has 1 aliphatic rings. The van der Waals surface area contributed by atoms with Crippen LogP contribution in [0.1, 0.15) is 11.6 Å². The fourth-order valence-electron chi connectivity index (χ4n) is 1.95. The SMILES string of the molecule is CN1C(c2ccccc2)C(=O)C(C=O)=[N+]1C. The number of hydrazone groups is 1. The zero-order valence-corrected chi connectivity index (χ0v) is 9.25. The van der Waals surface area contributed by atoms with E-state index in [0.717, 1.165) is 5.56 Å². The first-order valence-electron chi connectivity index (χ1n) is 5.04. The number of carbonyl (C=O) groups excluding carboxylic acids is 2. The first-order chi connectivity index (χ1) is 7.66. The second kappa shape index (κ2) is 3.89. The van der Waals surface area contributed by atoms with Gasteiger partial charge in [0, 0.05) is 0 Å². The average molecular weight is 217 g/mol. The number of Topliss-reactive ketones (excluding diaryl/α,β-unsaturated/α-hetero) is 1. The maximum atomic E-state index is 12.0. The van der Waals surface area contributed by atoms with E-state index in [0.29, 0.717) is 6.29 Å². The summed E-state index contributed by atoms with van der Waals surface area (Å²) in [7, 11) is 3.51. The normalized spacial score (nSPS) is 20.5. The monoisotopic (exact) mass is 217 g/mol. The molecule has 16 heavy (non-hydrogen) atoms. The van der Waals surface area contributed by atoms with E-state index in [4.69, 9.17) is 0 Å². The standard InChI is InChI=1S/C12H13N2O2/c1-13-10(8-15)12(16)11(14(13)2)9-6-4-3-5-7-9/h3-8,11H,1-2H3/q+1. The van der Waals surface area contributed by atoms with Gasteiger partial charge in [0.1, 0.15) is 0 Å². The summed E-state index contributed by atoms with van der Waals surface area (Å²) in [6, 6.07) is 9.06. The van der Waals surface area contributed by atoms with Crippen molar-refractivity contribution in [3.05, 3.63) is 35.9 Å². The highest BCUT2D eigenvalue weighted by molar-refractivity contribution is 6.59. The van der Waals surface area contributed by atoms with Gasteiger partial charge in [-0.2, -0.15) is 5.01 Å². The van der Waals surface area contributed by atoms with Gasteiger partial charge < -0.3 is 0 Å². The topological polar surface area (TPSA) is 40.4 Å². The Hall–Kier alpha value is -1.97. The van der Waals surface area contributed by atoms with Gasteiger partial charge >= 0.3 is 5.71 Å². The molecule has 0 aliphatic carbocycles. The summed E-state index contributed by atoms with van der Waals surface area (Å²) in [6.07, 6.45) is 0.613. The van der Waals surface area contributed by atoms with Crippen LogP contribution in [0.4, 0.5) is 0 Å². The zero-order chi connectivity index (χ0) is 11.7. The molecular formula is C12H13N2O2+. The molecule has 4 heteroatoms. The van der Waals surface area contributed by atoms with E-state index < -0.39 is 0 Å². The number of carbonyl (C=O) groups is 2. The molecule has 4 nitrogen and oxygen atoms in total. The summed E-state index contributed by atoms with van der Waals surface area (Å²) in [5.41, 5.74) is 1.11. The number of benzene rings is 1. The van der Waals surface area contributed by atoms with Crippen molar-refractivity contribution in [2.45, 2.75) is 6.04 Å². The van der Waals surface area contributed by atoms with Crippen molar-refractivity contribution in [2.75, 3.05) is 14.1 Å². The minimum Gasteiger partial charge on any atom is -0.291 e. The number of rotatable bonds is 2. The number of hydrogen-bond acceptors (Lipinski definition) is 3. The Morgan fingerprint density at radius 3 is 2.44 bits per heavy atom. The summed E-state index contributed by atoms with van der Waals surface area (Å²) in [6.45, 7) is 0. The summed E-state index contributed by atoms with van der Waals surface area (Å²) >= 11 is 0. The third kappa shape index (κ3) is 1.43. The van der Waals surface area contributed by atoms with Crippen molar-refractivity contribution < 1.29 is 14.3 Å². The van der Waals surface area contributed by atoms with E-state index in [1.807, 2.05) is 30.3 Å². The minimum atomic E-state index is -0.383. The quantitative estimate of drug-likeness (QED) is 0.533. The van der Waals surface area contributed by atoms with Crippen LogP contribution in [0.5, 0.6) is 0 Å². The van der Waals surface area contributed by atoms with Crippen LogP contribution in [0.25, 0.3) is 0 Å². The van der Waals surface area contributed by atoms with Gasteiger partial charge in [0.2, 0.25) is 6.29 Å². The van der Waals surface area contributed by atoms with Gasteiger partial charge in [-0.1, -0.05) is 30.3 Å². The maximum absolute atomic E-state index is 12.0. The summed E-state index contributed by atoms with van der Waals surface area (Å²) < 4.78 is 1.59.